The van der Waals surface area contributed by atoms with Crippen molar-refractivity contribution < 1.29 is 25.9 Å². The molecule has 0 aliphatic heterocycles. The highest BCUT2D eigenvalue weighted by Crippen LogP contribution is 2.41. The van der Waals surface area contributed by atoms with Gasteiger partial charge in [-0.3, -0.25) is 9.11 Å². The molecular formula is C7H6O6S2. The van der Waals surface area contributed by atoms with Crippen molar-refractivity contribution >= 4 is 20.2 Å². The lowest BCUT2D eigenvalue weighted by atomic mass is 10.3. The summed E-state index contributed by atoms with van der Waals surface area (Å²) in [6.45, 7) is 0. The van der Waals surface area contributed by atoms with Crippen LogP contribution in [0.2, 0.25) is 0 Å². The summed E-state index contributed by atoms with van der Waals surface area (Å²) in [4.78, 5) is -0.602. The largest absolute Gasteiger partial charge is 0.294 e. The molecule has 0 aromatic rings. The van der Waals surface area contributed by atoms with Crippen LogP contribution in [0.4, 0.5) is 0 Å². The fraction of sp³-hybridized carbons (Fsp3) is 0.143. The number of fused-ring (bicyclic) bond motifs is 2. The fourth-order valence-corrected chi connectivity index (χ4v) is 3.11. The Kier molecular flexibility index (Phi) is 1.96. The van der Waals surface area contributed by atoms with E-state index in [-0.39, 0.29) is 27.4 Å². The Balaban J connectivity index is 2.61. The smallest absolute Gasteiger partial charge is 0.282 e. The minimum atomic E-state index is -4.32. The first-order valence-electron chi connectivity index (χ1n) is 3.80. The van der Waals surface area contributed by atoms with Crippen molar-refractivity contribution in [2.45, 2.75) is 6.42 Å². The molecule has 2 aliphatic rings. The van der Waals surface area contributed by atoms with Crippen molar-refractivity contribution in [3.8, 4) is 0 Å². The van der Waals surface area contributed by atoms with E-state index in [1.165, 1.54) is 0 Å². The molecule has 0 aromatic carbocycles. The zero-order valence-corrected chi connectivity index (χ0v) is 8.84. The Hall–Kier alpha value is -0.960. The van der Waals surface area contributed by atoms with Crippen LogP contribution >= 0.6 is 0 Å². The molecule has 0 saturated heterocycles. The van der Waals surface area contributed by atoms with Gasteiger partial charge in [0.2, 0.25) is 0 Å². The van der Waals surface area contributed by atoms with Crippen molar-refractivity contribution in [3.63, 3.8) is 0 Å². The molecule has 8 heteroatoms. The van der Waals surface area contributed by atoms with E-state index < -0.39 is 20.2 Å². The van der Waals surface area contributed by atoms with Crippen molar-refractivity contribution in [2.75, 3.05) is 0 Å². The molecule has 0 fully saturated rings. The minimum absolute atomic E-state index is 0.101. The van der Waals surface area contributed by atoms with E-state index in [1.54, 1.807) is 0 Å². The van der Waals surface area contributed by atoms with E-state index in [1.807, 2.05) is 0 Å². The van der Waals surface area contributed by atoms with E-state index in [9.17, 15) is 16.8 Å². The second kappa shape index (κ2) is 2.79. The van der Waals surface area contributed by atoms with Gasteiger partial charge in [-0.25, -0.2) is 0 Å². The summed E-state index contributed by atoms with van der Waals surface area (Å²) in [6.07, 6.45) is 2.20. The molecule has 2 rings (SSSR count). The molecule has 0 amide bonds. The number of rotatable bonds is 2. The van der Waals surface area contributed by atoms with Crippen LogP contribution in [0.5, 0.6) is 0 Å². The zero-order valence-electron chi connectivity index (χ0n) is 7.21. The number of hydrogen-bond donors (Lipinski definition) is 2. The maximum absolute atomic E-state index is 10.8. The second-order valence-electron chi connectivity index (χ2n) is 3.19. The Morgan fingerprint density at radius 1 is 1.00 bits per heavy atom. The van der Waals surface area contributed by atoms with Crippen LogP contribution in [0.1, 0.15) is 6.42 Å². The molecule has 2 N–H and O–H groups in total. The maximum atomic E-state index is 10.8. The highest BCUT2D eigenvalue weighted by atomic mass is 32.2. The van der Waals surface area contributed by atoms with Crippen molar-refractivity contribution in [1.82, 2.24) is 0 Å². The van der Waals surface area contributed by atoms with E-state index in [2.05, 4.69) is 0 Å². The Morgan fingerprint density at radius 2 is 1.60 bits per heavy atom. The summed E-state index contributed by atoms with van der Waals surface area (Å²) in [5, 5.41) is 0. The van der Waals surface area contributed by atoms with Gasteiger partial charge >= 0.3 is 0 Å². The summed E-state index contributed by atoms with van der Waals surface area (Å²) < 4.78 is 60.7. The van der Waals surface area contributed by atoms with Crippen LogP contribution in [0.15, 0.2) is 33.1 Å². The van der Waals surface area contributed by atoms with E-state index in [4.69, 9.17) is 9.11 Å². The lowest BCUT2D eigenvalue weighted by Gasteiger charge is -2.02. The molecule has 0 heterocycles. The topological polar surface area (TPSA) is 109 Å². The summed E-state index contributed by atoms with van der Waals surface area (Å²) in [7, 11) is -8.64. The van der Waals surface area contributed by atoms with Crippen LogP contribution in [0.3, 0.4) is 0 Å². The third-order valence-electron chi connectivity index (χ3n) is 2.18. The molecule has 6 nitrogen and oxygen atoms in total. The minimum Gasteiger partial charge on any atom is -0.282 e. The molecule has 0 radical (unpaired) electrons. The van der Waals surface area contributed by atoms with E-state index in [0.717, 1.165) is 12.2 Å². The highest BCUT2D eigenvalue weighted by molar-refractivity contribution is 7.90. The Morgan fingerprint density at radius 3 is 1.93 bits per heavy atom. The van der Waals surface area contributed by atoms with Crippen LogP contribution in [0, 0.1) is 0 Å². The van der Waals surface area contributed by atoms with Crippen molar-refractivity contribution in [1.29, 1.82) is 0 Å². The number of hydrogen-bond acceptors (Lipinski definition) is 4. The first kappa shape index (κ1) is 10.6. The lowest BCUT2D eigenvalue weighted by molar-refractivity contribution is 0.489. The third kappa shape index (κ3) is 1.65. The Bertz CT molecular complexity index is 629. The monoisotopic (exact) mass is 250 g/mol. The van der Waals surface area contributed by atoms with Gasteiger partial charge in [0.15, 0.2) is 0 Å². The van der Waals surface area contributed by atoms with Gasteiger partial charge in [-0.2, -0.15) is 16.8 Å². The molecular weight excluding hydrogens is 244 g/mol. The van der Waals surface area contributed by atoms with E-state index >= 15 is 0 Å². The molecule has 0 atom stereocenters. The summed E-state index contributed by atoms with van der Waals surface area (Å²) in [5.74, 6) is 0. The predicted octanol–water partition coefficient (Wildman–Crippen LogP) is 0.244. The normalized spacial score (nSPS) is 20.7. The molecule has 0 spiro atoms. The van der Waals surface area contributed by atoms with Gasteiger partial charge in [0.25, 0.3) is 20.2 Å². The molecule has 0 unspecified atom stereocenters. The standard InChI is InChI=1S/C7H6O6S2/c8-14(9,10)6-2-4-1-5(6)3-7(4)15(11,12)13/h2-3H,1H2,(H,8,9,10)(H,11,12,13). The van der Waals surface area contributed by atoms with Gasteiger partial charge in [0, 0.05) is 6.42 Å². The van der Waals surface area contributed by atoms with Crippen molar-refractivity contribution in [3.05, 3.63) is 33.1 Å². The molecule has 2 bridgehead atoms. The van der Waals surface area contributed by atoms with Gasteiger partial charge in [0.05, 0.1) is 9.81 Å². The lowest BCUT2D eigenvalue weighted by Crippen LogP contribution is -2.05. The summed E-state index contributed by atoms with van der Waals surface area (Å²) in [5.41, 5.74) is 0.361. The van der Waals surface area contributed by atoms with Crippen LogP contribution in [-0.2, 0) is 20.2 Å². The quantitative estimate of drug-likeness (QED) is 0.680. The van der Waals surface area contributed by atoms with Crippen LogP contribution in [0.25, 0.3) is 0 Å². The first-order valence-corrected chi connectivity index (χ1v) is 6.68. The van der Waals surface area contributed by atoms with Crippen LogP contribution < -0.4 is 0 Å². The van der Waals surface area contributed by atoms with Crippen LogP contribution in [-0.4, -0.2) is 25.9 Å². The van der Waals surface area contributed by atoms with Crippen molar-refractivity contribution in [2.24, 2.45) is 0 Å². The molecule has 0 aromatic heterocycles. The molecule has 2 aliphatic carbocycles. The molecule has 0 saturated carbocycles. The average molecular weight is 250 g/mol. The maximum Gasteiger partial charge on any atom is 0.294 e. The highest BCUT2D eigenvalue weighted by Gasteiger charge is 2.34. The number of allylic oxidation sites excluding steroid dienone is 4. The zero-order chi connectivity index (χ0) is 11.4. The predicted molar refractivity (Wildman–Crippen MR) is 50.9 cm³/mol. The van der Waals surface area contributed by atoms with Gasteiger partial charge in [-0.1, -0.05) is 0 Å². The first-order chi connectivity index (χ1) is 6.69. The summed E-state index contributed by atoms with van der Waals surface area (Å²) in [6, 6.07) is 0. The molecule has 82 valence electrons. The van der Waals surface area contributed by atoms with Gasteiger partial charge < -0.3 is 0 Å². The van der Waals surface area contributed by atoms with Gasteiger partial charge in [-0.15, -0.1) is 0 Å². The SMILES string of the molecule is O=S(=O)(O)C1=CC2=C(S(=O)(=O)O)C=C1C2. The van der Waals surface area contributed by atoms with E-state index in [0.29, 0.717) is 0 Å². The van der Waals surface area contributed by atoms with Gasteiger partial charge in [0.1, 0.15) is 0 Å². The van der Waals surface area contributed by atoms with Gasteiger partial charge in [-0.05, 0) is 23.3 Å². The Labute approximate surface area is 86.1 Å². The average Bonchev–Trinajstić information content (AvgIpc) is 2.57. The third-order valence-corrected chi connectivity index (χ3v) is 4.05. The summed E-state index contributed by atoms with van der Waals surface area (Å²) >= 11 is 0. The second-order valence-corrected chi connectivity index (χ2v) is 5.97. The molecule has 15 heavy (non-hydrogen) atoms. The fourth-order valence-electron chi connectivity index (χ4n) is 1.61.